The third-order valence-electron chi connectivity index (χ3n) is 7.97. The summed E-state index contributed by atoms with van der Waals surface area (Å²) in [4.78, 5) is 9.36. The fourth-order valence-corrected chi connectivity index (χ4v) is 6.45. The van der Waals surface area contributed by atoms with E-state index in [1.165, 1.54) is 11.4 Å². The molecule has 2 aromatic carbocycles. The van der Waals surface area contributed by atoms with Crippen molar-refractivity contribution in [2.75, 3.05) is 112 Å². The first-order valence-corrected chi connectivity index (χ1v) is 18.5. The molecule has 2 aromatic heterocycles. The molecule has 14 heteroatoms. The number of nitrogens with zero attached hydrogens (tertiary/aromatic N) is 8. The Morgan fingerprint density at radius 1 is 0.542 bits per heavy atom. The number of benzene rings is 2. The monoisotopic (exact) mass is 700 g/mol. The zero-order valence-electron chi connectivity index (χ0n) is 30.3. The van der Waals surface area contributed by atoms with Crippen molar-refractivity contribution in [2.24, 2.45) is 28.2 Å². The summed E-state index contributed by atoms with van der Waals surface area (Å²) in [6.45, 7) is 6.33. The highest BCUT2D eigenvalue weighted by atomic mass is 33.1. The van der Waals surface area contributed by atoms with Gasteiger partial charge in [0.05, 0.1) is 53.0 Å². The Morgan fingerprint density at radius 2 is 0.875 bits per heavy atom. The Morgan fingerprint density at radius 3 is 1.12 bits per heavy atom. The molecule has 12 nitrogen and oxygen atoms in total. The van der Waals surface area contributed by atoms with Crippen molar-refractivity contribution in [3.63, 3.8) is 0 Å². The van der Waals surface area contributed by atoms with Gasteiger partial charge in [-0.1, -0.05) is 21.6 Å². The number of rotatable bonds is 15. The predicted octanol–water partition coefficient (Wildman–Crippen LogP) is 2.53. The van der Waals surface area contributed by atoms with Gasteiger partial charge in [-0.15, -0.1) is 0 Å². The maximum atomic E-state index is 5.77. The molecule has 0 aliphatic heterocycles. The molecule has 4 rings (SSSR count). The van der Waals surface area contributed by atoms with Gasteiger partial charge in [0, 0.05) is 87.6 Å². The van der Waals surface area contributed by atoms with Crippen molar-refractivity contribution in [1.29, 1.82) is 0 Å². The predicted molar refractivity (Wildman–Crippen MR) is 210 cm³/mol. The number of likely N-dealkylation sites (N-methyl/N-ethyl adjacent to an activating group) is 4. The van der Waals surface area contributed by atoms with Crippen LogP contribution in [0, 0.1) is 0 Å². The van der Waals surface area contributed by atoms with Gasteiger partial charge in [-0.25, -0.2) is 18.3 Å². The molecule has 48 heavy (non-hydrogen) atoms. The quantitative estimate of drug-likeness (QED) is 0.0635. The van der Waals surface area contributed by atoms with Crippen molar-refractivity contribution in [2.45, 2.75) is 0 Å². The van der Waals surface area contributed by atoms with Crippen LogP contribution in [-0.4, -0.2) is 97.9 Å². The van der Waals surface area contributed by atoms with E-state index >= 15 is 0 Å². The maximum Gasteiger partial charge on any atom is 0.354 e. The molecule has 8 N–H and O–H groups in total. The Labute approximate surface area is 296 Å². The van der Waals surface area contributed by atoms with Gasteiger partial charge >= 0.3 is 11.9 Å². The largest absolute Gasteiger partial charge is 0.399 e. The van der Waals surface area contributed by atoms with Crippen molar-refractivity contribution < 1.29 is 9.13 Å². The van der Waals surface area contributed by atoms with Crippen LogP contribution >= 0.6 is 21.6 Å². The zero-order valence-corrected chi connectivity index (χ0v) is 31.9. The Hall–Kier alpha value is -3.72. The van der Waals surface area contributed by atoms with Gasteiger partial charge in [-0.2, -0.15) is 0 Å². The van der Waals surface area contributed by atoms with Gasteiger partial charge < -0.3 is 31.1 Å². The van der Waals surface area contributed by atoms with Crippen LogP contribution in [-0.2, 0) is 28.2 Å². The van der Waals surface area contributed by atoms with Crippen LogP contribution in [0.25, 0.3) is 0 Å². The minimum absolute atomic E-state index is 0.769. The summed E-state index contributed by atoms with van der Waals surface area (Å²) in [6.07, 6.45) is 7.65. The van der Waals surface area contributed by atoms with Crippen LogP contribution < -0.4 is 41.9 Å². The third kappa shape index (κ3) is 15.0. The summed E-state index contributed by atoms with van der Waals surface area (Å²) < 4.78 is 7.44. The molecule has 0 amide bonds. The number of hydrogen-bond acceptors (Lipinski definition) is 10. The number of aryl methyl sites for hydroxylation is 4. The molecular weight excluding hydrogens is 641 g/mol. The third-order valence-corrected chi connectivity index (χ3v) is 10.3. The van der Waals surface area contributed by atoms with Gasteiger partial charge in [0.25, 0.3) is 0 Å². The zero-order chi connectivity index (χ0) is 35.6. The van der Waals surface area contributed by atoms with Gasteiger partial charge in [-0.3, -0.25) is 11.5 Å². The van der Waals surface area contributed by atoms with Gasteiger partial charge in [0.15, 0.2) is 0 Å². The summed E-state index contributed by atoms with van der Waals surface area (Å²) in [5, 5.41) is 0. The van der Waals surface area contributed by atoms with E-state index in [0.29, 0.717) is 0 Å². The molecule has 0 saturated heterocycles. The minimum atomic E-state index is 0.769. The SMILES string of the molecule is CN(CCSSCCN(C)CCN(C)c1ccc(N)cc1)CCN(C)c1ccc(N)cc1.Cn1cc[n+](C)c1N.Cn1cc[n+](C)c1N. The summed E-state index contributed by atoms with van der Waals surface area (Å²) in [5.74, 6) is 3.84. The number of nitrogens with two attached hydrogens (primary N) is 4. The summed E-state index contributed by atoms with van der Waals surface area (Å²) >= 11 is 0. The van der Waals surface area contributed by atoms with E-state index in [0.717, 1.165) is 74.0 Å². The molecule has 0 saturated carbocycles. The van der Waals surface area contributed by atoms with Crippen molar-refractivity contribution >= 4 is 56.2 Å². The molecule has 0 fully saturated rings. The standard InChI is InChI=1S/C24H40N6S2.2C5H9N3/c1-27(13-15-29(3)23-9-5-21(25)6-10-23)17-19-31-32-20-18-28(2)14-16-30(4)24-11-7-22(26)8-12-24;2*1-7-3-4-8(2)5(7)6/h5-12H,13-20,25-26H2,1-4H3;2*3-4,6H,1-2H3/p+2. The lowest BCUT2D eigenvalue weighted by atomic mass is 10.2. The summed E-state index contributed by atoms with van der Waals surface area (Å²) in [5.41, 5.74) is 26.6. The van der Waals surface area contributed by atoms with E-state index in [2.05, 4.69) is 72.1 Å². The second kappa shape index (κ2) is 21.3. The molecule has 0 atom stereocenters. The molecule has 0 bridgehead atoms. The topological polar surface area (TPSA) is 135 Å². The smallest absolute Gasteiger partial charge is 0.354 e. The van der Waals surface area contributed by atoms with Crippen LogP contribution in [0.2, 0.25) is 0 Å². The molecule has 0 aliphatic carbocycles. The van der Waals surface area contributed by atoms with Crippen LogP contribution in [0.1, 0.15) is 0 Å². The fraction of sp³-hybridized carbons (Fsp3) is 0.471. The van der Waals surface area contributed by atoms with Gasteiger partial charge in [0.1, 0.15) is 0 Å². The van der Waals surface area contributed by atoms with Gasteiger partial charge in [-0.05, 0) is 62.6 Å². The fourth-order valence-electron chi connectivity index (χ4n) is 4.29. The number of nitrogen functional groups attached to an aromatic ring is 4. The summed E-state index contributed by atoms with van der Waals surface area (Å²) in [6, 6.07) is 16.1. The first-order chi connectivity index (χ1) is 22.8. The lowest BCUT2D eigenvalue weighted by Crippen LogP contribution is -2.32. The minimum Gasteiger partial charge on any atom is -0.399 e. The van der Waals surface area contributed by atoms with Crippen LogP contribution in [0.4, 0.5) is 34.6 Å². The van der Waals surface area contributed by atoms with Crippen LogP contribution in [0.15, 0.2) is 73.3 Å². The van der Waals surface area contributed by atoms with E-state index in [9.17, 15) is 0 Å². The van der Waals surface area contributed by atoms with Crippen LogP contribution in [0.5, 0.6) is 0 Å². The van der Waals surface area contributed by atoms with Crippen LogP contribution in [0.3, 0.4) is 0 Å². The molecule has 266 valence electrons. The molecule has 0 aliphatic rings. The van der Waals surface area contributed by atoms with Gasteiger partial charge in [0.2, 0.25) is 0 Å². The maximum absolute atomic E-state index is 5.77. The van der Waals surface area contributed by atoms with E-state index in [-0.39, 0.29) is 0 Å². The molecule has 2 heterocycles. The Balaban J connectivity index is 0.000000402. The molecular formula is C34H60N12S2+2. The van der Waals surface area contributed by atoms with E-state index in [1.807, 2.05) is 117 Å². The Bertz CT molecular complexity index is 1290. The molecule has 4 aromatic rings. The average Bonchev–Trinajstić information content (AvgIpc) is 3.54. The second-order valence-electron chi connectivity index (χ2n) is 12.0. The number of aromatic nitrogens is 4. The van der Waals surface area contributed by atoms with Crippen molar-refractivity contribution in [3.05, 3.63) is 73.3 Å². The number of anilines is 6. The molecule has 0 unspecified atom stereocenters. The van der Waals surface area contributed by atoms with E-state index in [1.54, 1.807) is 0 Å². The van der Waals surface area contributed by atoms with Crippen molar-refractivity contribution in [3.8, 4) is 0 Å². The molecule has 0 radical (unpaired) electrons. The Kier molecular flexibility index (Phi) is 17.9. The first-order valence-electron chi connectivity index (χ1n) is 16.1. The number of imidazole rings is 2. The first kappa shape index (κ1) is 40.5. The summed E-state index contributed by atoms with van der Waals surface area (Å²) in [7, 11) is 20.3. The highest BCUT2D eigenvalue weighted by Crippen LogP contribution is 2.21. The molecule has 0 spiro atoms. The lowest BCUT2D eigenvalue weighted by Gasteiger charge is -2.24. The lowest BCUT2D eigenvalue weighted by molar-refractivity contribution is -0.656. The van der Waals surface area contributed by atoms with E-state index < -0.39 is 0 Å². The highest BCUT2D eigenvalue weighted by molar-refractivity contribution is 8.76. The highest BCUT2D eigenvalue weighted by Gasteiger charge is 2.06. The normalized spacial score (nSPS) is 10.8. The van der Waals surface area contributed by atoms with E-state index in [4.69, 9.17) is 22.9 Å². The van der Waals surface area contributed by atoms with Crippen molar-refractivity contribution in [1.82, 2.24) is 18.9 Å². The average molecular weight is 701 g/mol. The number of hydrogen-bond donors (Lipinski definition) is 4. The second-order valence-corrected chi connectivity index (χ2v) is 14.7.